The molecule has 0 aliphatic heterocycles. The Morgan fingerprint density at radius 1 is 1.29 bits per heavy atom. The summed E-state index contributed by atoms with van der Waals surface area (Å²) >= 11 is 3.18. The van der Waals surface area contributed by atoms with Gasteiger partial charge in [-0.15, -0.1) is 0 Å². The third kappa shape index (κ3) is 3.38. The van der Waals surface area contributed by atoms with E-state index in [-0.39, 0.29) is 11.7 Å². The first-order valence-electron chi connectivity index (χ1n) is 6.13. The molecule has 0 bridgehead atoms. The lowest BCUT2D eigenvalue weighted by Gasteiger charge is -2.13. The number of Topliss-reactive ketones (excluding diaryl/α,β-unsaturated/α-hetero) is 1. The summed E-state index contributed by atoms with van der Waals surface area (Å²) in [5, 5.41) is 0. The number of halogens is 2. The molecule has 1 aliphatic carbocycles. The predicted molar refractivity (Wildman–Crippen MR) is 69.4 cm³/mol. The minimum absolute atomic E-state index is 0.134. The molecule has 0 saturated heterocycles. The number of hydrogen-bond acceptors (Lipinski definition) is 1. The van der Waals surface area contributed by atoms with Gasteiger partial charge in [0, 0.05) is 12.3 Å². The maximum absolute atomic E-state index is 13.1. The van der Waals surface area contributed by atoms with Gasteiger partial charge in [0.05, 0.1) is 4.47 Å². The van der Waals surface area contributed by atoms with Crippen LogP contribution in [0.1, 0.15) is 37.7 Å². The maximum atomic E-state index is 13.1. The van der Waals surface area contributed by atoms with Gasteiger partial charge in [-0.2, -0.15) is 0 Å². The van der Waals surface area contributed by atoms with Crippen molar-refractivity contribution in [3.63, 3.8) is 0 Å². The summed E-state index contributed by atoms with van der Waals surface area (Å²) in [5.41, 5.74) is 1.04. The molecule has 1 unspecified atom stereocenters. The molecule has 1 aliphatic rings. The molecular formula is C14H16BrFO. The van der Waals surface area contributed by atoms with Crippen molar-refractivity contribution in [2.45, 2.75) is 38.5 Å². The second-order valence-corrected chi connectivity index (χ2v) is 5.57. The molecule has 0 amide bonds. The second-order valence-electron chi connectivity index (χ2n) is 4.72. The van der Waals surface area contributed by atoms with Gasteiger partial charge in [0.2, 0.25) is 0 Å². The van der Waals surface area contributed by atoms with E-state index in [1.165, 1.54) is 6.07 Å². The van der Waals surface area contributed by atoms with Gasteiger partial charge in [-0.25, -0.2) is 4.39 Å². The Hall–Kier alpha value is -0.700. The lowest BCUT2D eigenvalue weighted by atomic mass is 9.91. The zero-order chi connectivity index (χ0) is 12.3. The number of hydrogen-bond donors (Lipinski definition) is 0. The van der Waals surface area contributed by atoms with E-state index in [1.54, 1.807) is 12.1 Å². The maximum Gasteiger partial charge on any atom is 0.137 e. The van der Waals surface area contributed by atoms with Crippen molar-refractivity contribution in [3.8, 4) is 0 Å². The molecule has 17 heavy (non-hydrogen) atoms. The largest absolute Gasteiger partial charge is 0.299 e. The Balaban J connectivity index is 2.08. The van der Waals surface area contributed by atoms with Crippen LogP contribution in [-0.4, -0.2) is 5.78 Å². The van der Waals surface area contributed by atoms with Gasteiger partial charge >= 0.3 is 0 Å². The van der Waals surface area contributed by atoms with Gasteiger partial charge in [0.25, 0.3) is 0 Å². The van der Waals surface area contributed by atoms with Gasteiger partial charge in [-0.3, -0.25) is 4.79 Å². The van der Waals surface area contributed by atoms with Crippen LogP contribution in [0, 0.1) is 11.7 Å². The van der Waals surface area contributed by atoms with E-state index in [4.69, 9.17) is 0 Å². The molecule has 1 nitrogen and oxygen atoms in total. The highest BCUT2D eigenvalue weighted by Crippen LogP contribution is 2.25. The van der Waals surface area contributed by atoms with Crippen molar-refractivity contribution in [2.24, 2.45) is 5.92 Å². The monoisotopic (exact) mass is 298 g/mol. The van der Waals surface area contributed by atoms with Crippen LogP contribution in [0.4, 0.5) is 4.39 Å². The van der Waals surface area contributed by atoms with E-state index < -0.39 is 0 Å². The van der Waals surface area contributed by atoms with Crippen LogP contribution in [0.3, 0.4) is 0 Å². The van der Waals surface area contributed by atoms with Crippen LogP contribution in [0.2, 0.25) is 0 Å². The standard InChI is InChI=1S/C14H16BrFO/c15-12-9-10(6-7-13(12)16)8-11-4-2-1-3-5-14(11)17/h6-7,9,11H,1-5,8H2. The first-order valence-corrected chi connectivity index (χ1v) is 6.93. The molecular weight excluding hydrogens is 283 g/mol. The molecule has 0 N–H and O–H groups in total. The van der Waals surface area contributed by atoms with E-state index in [2.05, 4.69) is 15.9 Å². The molecule has 92 valence electrons. The Morgan fingerprint density at radius 3 is 2.88 bits per heavy atom. The van der Waals surface area contributed by atoms with E-state index in [0.717, 1.165) is 37.7 Å². The lowest BCUT2D eigenvalue weighted by molar-refractivity contribution is -0.122. The fraction of sp³-hybridized carbons (Fsp3) is 0.500. The van der Waals surface area contributed by atoms with Crippen LogP contribution in [0.15, 0.2) is 22.7 Å². The Morgan fingerprint density at radius 2 is 2.12 bits per heavy atom. The first kappa shape index (κ1) is 12.7. The molecule has 0 heterocycles. The number of carbonyl (C=O) groups is 1. The molecule has 1 aromatic carbocycles. The summed E-state index contributed by atoms with van der Waals surface area (Å²) in [6.07, 6.45) is 5.77. The summed E-state index contributed by atoms with van der Waals surface area (Å²) < 4.78 is 13.6. The zero-order valence-corrected chi connectivity index (χ0v) is 11.3. The number of rotatable bonds is 2. The number of ketones is 1. The topological polar surface area (TPSA) is 17.1 Å². The molecule has 2 rings (SSSR count). The normalized spacial score (nSPS) is 21.3. The highest BCUT2D eigenvalue weighted by Gasteiger charge is 2.21. The van der Waals surface area contributed by atoms with Crippen LogP contribution < -0.4 is 0 Å². The number of benzene rings is 1. The van der Waals surface area contributed by atoms with E-state index in [0.29, 0.717) is 16.7 Å². The minimum Gasteiger partial charge on any atom is -0.299 e. The third-order valence-corrected chi connectivity index (χ3v) is 4.00. The second kappa shape index (κ2) is 5.76. The summed E-state index contributed by atoms with van der Waals surface area (Å²) in [7, 11) is 0. The Kier molecular flexibility index (Phi) is 4.32. The van der Waals surface area contributed by atoms with Crippen molar-refractivity contribution in [1.29, 1.82) is 0 Å². The third-order valence-electron chi connectivity index (χ3n) is 3.40. The fourth-order valence-electron chi connectivity index (χ4n) is 2.40. The van der Waals surface area contributed by atoms with Crippen LogP contribution >= 0.6 is 15.9 Å². The summed E-state index contributed by atoms with van der Waals surface area (Å²) in [4.78, 5) is 11.9. The van der Waals surface area contributed by atoms with E-state index in [9.17, 15) is 9.18 Å². The van der Waals surface area contributed by atoms with E-state index >= 15 is 0 Å². The predicted octanol–water partition coefficient (Wildman–Crippen LogP) is 4.28. The van der Waals surface area contributed by atoms with Crippen molar-refractivity contribution in [1.82, 2.24) is 0 Å². The zero-order valence-electron chi connectivity index (χ0n) is 9.72. The molecule has 1 saturated carbocycles. The van der Waals surface area contributed by atoms with Gasteiger partial charge in [-0.05, 0) is 52.9 Å². The molecule has 1 aromatic rings. The lowest BCUT2D eigenvalue weighted by Crippen LogP contribution is -2.15. The van der Waals surface area contributed by atoms with Crippen LogP contribution in [-0.2, 0) is 11.2 Å². The Labute approximate surface area is 110 Å². The molecule has 0 aromatic heterocycles. The average Bonchev–Trinajstić information content (AvgIpc) is 2.50. The van der Waals surface area contributed by atoms with Crippen LogP contribution in [0.5, 0.6) is 0 Å². The van der Waals surface area contributed by atoms with Crippen molar-refractivity contribution >= 4 is 21.7 Å². The molecule has 0 spiro atoms. The fourth-order valence-corrected chi connectivity index (χ4v) is 2.83. The molecule has 0 radical (unpaired) electrons. The van der Waals surface area contributed by atoms with Crippen molar-refractivity contribution < 1.29 is 9.18 Å². The smallest absolute Gasteiger partial charge is 0.137 e. The molecule has 1 atom stereocenters. The number of carbonyl (C=O) groups excluding carboxylic acids is 1. The van der Waals surface area contributed by atoms with Crippen molar-refractivity contribution in [3.05, 3.63) is 34.1 Å². The van der Waals surface area contributed by atoms with E-state index in [1.807, 2.05) is 0 Å². The highest BCUT2D eigenvalue weighted by molar-refractivity contribution is 9.10. The quantitative estimate of drug-likeness (QED) is 0.745. The molecule has 1 fully saturated rings. The van der Waals surface area contributed by atoms with Gasteiger partial charge in [0.1, 0.15) is 11.6 Å². The first-order chi connectivity index (χ1) is 8.16. The van der Waals surface area contributed by atoms with Gasteiger partial charge < -0.3 is 0 Å². The summed E-state index contributed by atoms with van der Waals surface area (Å²) in [5.74, 6) is 0.263. The minimum atomic E-state index is -0.249. The van der Waals surface area contributed by atoms with Crippen molar-refractivity contribution in [2.75, 3.05) is 0 Å². The summed E-state index contributed by atoms with van der Waals surface area (Å²) in [6, 6.07) is 5.02. The summed E-state index contributed by atoms with van der Waals surface area (Å²) in [6.45, 7) is 0. The van der Waals surface area contributed by atoms with Crippen LogP contribution in [0.25, 0.3) is 0 Å². The van der Waals surface area contributed by atoms with Gasteiger partial charge in [-0.1, -0.05) is 18.9 Å². The highest BCUT2D eigenvalue weighted by atomic mass is 79.9. The Bertz CT molecular complexity index is 417. The SMILES string of the molecule is O=C1CCCCCC1Cc1ccc(F)c(Br)c1. The van der Waals surface area contributed by atoms with Gasteiger partial charge in [0.15, 0.2) is 0 Å². The average molecular weight is 299 g/mol. The molecule has 3 heteroatoms.